The summed E-state index contributed by atoms with van der Waals surface area (Å²) in [6.45, 7) is 5.26. The second-order valence-corrected chi connectivity index (χ2v) is 5.64. The van der Waals surface area contributed by atoms with Crippen LogP contribution in [0.5, 0.6) is 5.75 Å². The van der Waals surface area contributed by atoms with E-state index in [2.05, 4.69) is 10.4 Å². The zero-order valence-electron chi connectivity index (χ0n) is 14.1. The van der Waals surface area contributed by atoms with Crippen LogP contribution in [-0.2, 0) is 18.3 Å². The maximum absolute atomic E-state index is 11.9. The first-order valence-electron chi connectivity index (χ1n) is 8.01. The number of hydrogen-bond donors (Lipinski definition) is 1. The van der Waals surface area contributed by atoms with Crippen LogP contribution in [0, 0.1) is 13.8 Å². The number of carbonyl (C=O) groups is 1. The highest BCUT2D eigenvalue weighted by Gasteiger charge is 2.11. The summed E-state index contributed by atoms with van der Waals surface area (Å²) in [5.74, 6) is 0.939. The van der Waals surface area contributed by atoms with Crippen molar-refractivity contribution in [3.63, 3.8) is 0 Å². The van der Waals surface area contributed by atoms with Crippen LogP contribution in [0.25, 0.3) is 0 Å². The van der Waals surface area contributed by atoms with Crippen LogP contribution in [0.1, 0.15) is 29.8 Å². The minimum atomic E-state index is 0.0763. The van der Waals surface area contributed by atoms with Crippen molar-refractivity contribution >= 4 is 5.91 Å². The molecule has 0 spiro atoms. The second kappa shape index (κ2) is 8.36. The Labute approximate surface area is 137 Å². The van der Waals surface area contributed by atoms with Gasteiger partial charge in [0.25, 0.3) is 0 Å². The van der Waals surface area contributed by atoms with E-state index in [1.807, 2.05) is 55.9 Å². The van der Waals surface area contributed by atoms with Crippen molar-refractivity contribution in [2.45, 2.75) is 33.1 Å². The minimum Gasteiger partial charge on any atom is -0.494 e. The molecule has 0 saturated heterocycles. The van der Waals surface area contributed by atoms with Gasteiger partial charge in [0.05, 0.1) is 12.3 Å². The normalized spacial score (nSPS) is 10.6. The standard InChI is InChI=1S/C18H25N3O2/c1-14-17(15(2)21(3)20-14)10-11-18(22)19-12-7-13-23-16-8-5-4-6-9-16/h4-6,8-9H,7,10-13H2,1-3H3,(H,19,22). The molecule has 0 aliphatic carbocycles. The number of nitrogens with one attached hydrogen (secondary N) is 1. The molecule has 1 amide bonds. The number of benzene rings is 1. The van der Waals surface area contributed by atoms with E-state index in [4.69, 9.17) is 4.74 Å². The molecular weight excluding hydrogens is 290 g/mol. The number of ether oxygens (including phenoxy) is 1. The summed E-state index contributed by atoms with van der Waals surface area (Å²) in [7, 11) is 1.93. The Bertz CT molecular complexity index is 635. The second-order valence-electron chi connectivity index (χ2n) is 5.64. The molecule has 2 rings (SSSR count). The first-order valence-corrected chi connectivity index (χ1v) is 8.01. The molecule has 0 saturated carbocycles. The molecule has 5 heteroatoms. The van der Waals surface area contributed by atoms with E-state index in [0.29, 0.717) is 19.6 Å². The summed E-state index contributed by atoms with van der Waals surface area (Å²) < 4.78 is 7.45. The average Bonchev–Trinajstić information content (AvgIpc) is 2.79. The largest absolute Gasteiger partial charge is 0.494 e. The van der Waals surface area contributed by atoms with E-state index < -0.39 is 0 Å². The van der Waals surface area contributed by atoms with Gasteiger partial charge in [-0.15, -0.1) is 0 Å². The van der Waals surface area contributed by atoms with Gasteiger partial charge in [0.2, 0.25) is 5.91 Å². The summed E-state index contributed by atoms with van der Waals surface area (Å²) in [6.07, 6.45) is 2.02. The first kappa shape index (κ1) is 17.1. The van der Waals surface area contributed by atoms with Gasteiger partial charge in [-0.2, -0.15) is 5.10 Å². The highest BCUT2D eigenvalue weighted by Crippen LogP contribution is 2.13. The van der Waals surface area contributed by atoms with Gasteiger partial charge in [0.1, 0.15) is 5.75 Å². The molecule has 0 bridgehead atoms. The Morgan fingerprint density at radius 3 is 2.65 bits per heavy atom. The third kappa shape index (κ3) is 5.13. The number of amides is 1. The van der Waals surface area contributed by atoms with E-state index in [0.717, 1.165) is 30.0 Å². The number of aryl methyl sites for hydroxylation is 2. The van der Waals surface area contributed by atoms with Crippen LogP contribution in [-0.4, -0.2) is 28.8 Å². The maximum atomic E-state index is 11.9. The fraction of sp³-hybridized carbons (Fsp3) is 0.444. The van der Waals surface area contributed by atoms with Gasteiger partial charge >= 0.3 is 0 Å². The van der Waals surface area contributed by atoms with Crippen LogP contribution in [0.15, 0.2) is 30.3 Å². The van der Waals surface area contributed by atoms with E-state index >= 15 is 0 Å². The Balaban J connectivity index is 1.62. The highest BCUT2D eigenvalue weighted by molar-refractivity contribution is 5.76. The summed E-state index contributed by atoms with van der Waals surface area (Å²) in [5, 5.41) is 7.31. The third-order valence-electron chi connectivity index (χ3n) is 3.92. The fourth-order valence-corrected chi connectivity index (χ4v) is 2.51. The third-order valence-corrected chi connectivity index (χ3v) is 3.92. The van der Waals surface area contributed by atoms with Crippen molar-refractivity contribution in [1.29, 1.82) is 0 Å². The van der Waals surface area contributed by atoms with E-state index in [9.17, 15) is 4.79 Å². The lowest BCUT2D eigenvalue weighted by atomic mass is 10.1. The topological polar surface area (TPSA) is 56.2 Å². The molecule has 0 unspecified atom stereocenters. The van der Waals surface area contributed by atoms with Crippen LogP contribution in [0.2, 0.25) is 0 Å². The lowest BCUT2D eigenvalue weighted by Crippen LogP contribution is -2.25. The molecule has 5 nitrogen and oxygen atoms in total. The van der Waals surface area contributed by atoms with Gasteiger partial charge in [-0.3, -0.25) is 9.48 Å². The lowest BCUT2D eigenvalue weighted by molar-refractivity contribution is -0.121. The molecule has 0 atom stereocenters. The van der Waals surface area contributed by atoms with Gasteiger partial charge in [0, 0.05) is 25.7 Å². The Hall–Kier alpha value is -2.30. The number of carbonyl (C=O) groups excluding carboxylic acids is 1. The van der Waals surface area contributed by atoms with Crippen molar-refractivity contribution in [2.75, 3.05) is 13.2 Å². The molecule has 1 aromatic carbocycles. The molecular formula is C18H25N3O2. The molecule has 0 radical (unpaired) electrons. The molecule has 1 heterocycles. The molecule has 1 aromatic heterocycles. The zero-order valence-corrected chi connectivity index (χ0v) is 14.1. The van der Waals surface area contributed by atoms with Crippen LogP contribution in [0.4, 0.5) is 0 Å². The summed E-state index contributed by atoms with van der Waals surface area (Å²) in [5.41, 5.74) is 3.32. The average molecular weight is 315 g/mol. The zero-order chi connectivity index (χ0) is 16.7. The number of hydrogen-bond acceptors (Lipinski definition) is 3. The summed E-state index contributed by atoms with van der Waals surface area (Å²) in [4.78, 5) is 11.9. The quantitative estimate of drug-likeness (QED) is 0.762. The van der Waals surface area contributed by atoms with Crippen molar-refractivity contribution in [1.82, 2.24) is 15.1 Å². The smallest absolute Gasteiger partial charge is 0.220 e. The van der Waals surface area contributed by atoms with Crippen molar-refractivity contribution in [3.8, 4) is 5.75 Å². The van der Waals surface area contributed by atoms with Crippen LogP contribution >= 0.6 is 0 Å². The van der Waals surface area contributed by atoms with Crippen molar-refractivity contribution < 1.29 is 9.53 Å². The van der Waals surface area contributed by atoms with Gasteiger partial charge in [-0.05, 0) is 44.4 Å². The Morgan fingerprint density at radius 1 is 1.26 bits per heavy atom. The summed E-state index contributed by atoms with van der Waals surface area (Å²) >= 11 is 0. The molecule has 0 fully saturated rings. The predicted octanol–water partition coefficient (Wildman–Crippen LogP) is 2.55. The minimum absolute atomic E-state index is 0.0763. The number of nitrogens with zero attached hydrogens (tertiary/aromatic N) is 2. The number of rotatable bonds is 8. The van der Waals surface area contributed by atoms with Crippen LogP contribution < -0.4 is 10.1 Å². The lowest BCUT2D eigenvalue weighted by Gasteiger charge is -2.07. The molecule has 23 heavy (non-hydrogen) atoms. The van der Waals surface area contributed by atoms with E-state index in [1.165, 1.54) is 5.56 Å². The van der Waals surface area contributed by atoms with Gasteiger partial charge in [-0.1, -0.05) is 18.2 Å². The molecule has 1 N–H and O–H groups in total. The Kier molecular flexibility index (Phi) is 6.20. The first-order chi connectivity index (χ1) is 11.1. The van der Waals surface area contributed by atoms with Gasteiger partial charge in [-0.25, -0.2) is 0 Å². The van der Waals surface area contributed by atoms with Crippen LogP contribution in [0.3, 0.4) is 0 Å². The monoisotopic (exact) mass is 315 g/mol. The number of aromatic nitrogens is 2. The van der Waals surface area contributed by atoms with Crippen molar-refractivity contribution in [3.05, 3.63) is 47.3 Å². The number of para-hydroxylation sites is 1. The molecule has 124 valence electrons. The molecule has 0 aliphatic rings. The van der Waals surface area contributed by atoms with Crippen molar-refractivity contribution in [2.24, 2.45) is 7.05 Å². The summed E-state index contributed by atoms with van der Waals surface area (Å²) in [6, 6.07) is 9.70. The Morgan fingerprint density at radius 2 is 2.00 bits per heavy atom. The van der Waals surface area contributed by atoms with E-state index in [1.54, 1.807) is 0 Å². The van der Waals surface area contributed by atoms with Gasteiger partial charge < -0.3 is 10.1 Å². The molecule has 0 aliphatic heterocycles. The molecule has 2 aromatic rings. The SMILES string of the molecule is Cc1nn(C)c(C)c1CCC(=O)NCCCOc1ccccc1. The maximum Gasteiger partial charge on any atom is 0.220 e. The van der Waals surface area contributed by atoms with E-state index in [-0.39, 0.29) is 5.91 Å². The fourth-order valence-electron chi connectivity index (χ4n) is 2.51. The van der Waals surface area contributed by atoms with Gasteiger partial charge in [0.15, 0.2) is 0 Å². The predicted molar refractivity (Wildman–Crippen MR) is 90.6 cm³/mol. The highest BCUT2D eigenvalue weighted by atomic mass is 16.5.